The van der Waals surface area contributed by atoms with Crippen LogP contribution in [0.2, 0.25) is 0 Å². The number of aliphatic hydroxyl groups excluding tert-OH is 2. The van der Waals surface area contributed by atoms with E-state index >= 15 is 0 Å². The van der Waals surface area contributed by atoms with Gasteiger partial charge in [0.2, 0.25) is 5.13 Å². The molecule has 0 unspecified atom stereocenters. The van der Waals surface area contributed by atoms with Gasteiger partial charge in [-0.1, -0.05) is 11.3 Å². The summed E-state index contributed by atoms with van der Waals surface area (Å²) < 4.78 is 6.32. The summed E-state index contributed by atoms with van der Waals surface area (Å²) in [5, 5.41) is 21.0. The topological polar surface area (TPSA) is 81.1 Å². The molecule has 3 N–H and O–H groups in total. The van der Waals surface area contributed by atoms with Crippen LogP contribution in [0.1, 0.15) is 0 Å². The largest absolute Gasteiger partial charge is 0.497 e. The number of rotatable bonds is 9. The normalized spacial score (nSPS) is 10.8. The molecule has 7 nitrogen and oxygen atoms in total. The third-order valence-corrected chi connectivity index (χ3v) is 5.12. The Morgan fingerprint density at radius 1 is 1.04 bits per heavy atom. The van der Waals surface area contributed by atoms with Crippen LogP contribution in [-0.2, 0) is 0 Å². The second-order valence-electron chi connectivity index (χ2n) is 5.97. The predicted octanol–water partition coefficient (Wildman–Crippen LogP) is 2.56. The van der Waals surface area contributed by atoms with Crippen molar-refractivity contribution in [2.45, 2.75) is 0 Å². The number of nitrogens with zero attached hydrogens (tertiary/aromatic N) is 3. The second kappa shape index (κ2) is 8.90. The molecule has 2 aromatic carbocycles. The summed E-state index contributed by atoms with van der Waals surface area (Å²) >= 11 is 1.56. The number of anilines is 3. The molecule has 0 radical (unpaired) electrons. The third-order valence-electron chi connectivity index (χ3n) is 4.20. The summed E-state index contributed by atoms with van der Waals surface area (Å²) in [5.41, 5.74) is 6.15. The summed E-state index contributed by atoms with van der Waals surface area (Å²) in [6.07, 6.45) is 0. The summed E-state index contributed by atoms with van der Waals surface area (Å²) in [5.74, 6) is 0.817. The molecule has 1 heterocycles. The molecule has 0 saturated heterocycles. The van der Waals surface area contributed by atoms with E-state index in [9.17, 15) is 0 Å². The molecule has 0 amide bonds. The number of fused-ring (bicyclic) bond motifs is 1. The average Bonchev–Trinajstić information content (AvgIpc) is 3.09. The molecule has 0 aliphatic carbocycles. The van der Waals surface area contributed by atoms with Gasteiger partial charge in [-0.25, -0.2) is 4.98 Å². The number of hydrogen-bond donors (Lipinski definition) is 3. The number of aliphatic hydroxyl groups is 2. The van der Waals surface area contributed by atoms with Crippen molar-refractivity contribution in [3.63, 3.8) is 0 Å². The number of aromatic nitrogens is 1. The van der Waals surface area contributed by atoms with E-state index < -0.39 is 0 Å². The average molecular weight is 388 g/mol. The first kappa shape index (κ1) is 19.2. The number of methoxy groups -OCH3 is 1. The fraction of sp³-hybridized carbons (Fsp3) is 0.316. The van der Waals surface area contributed by atoms with E-state index in [1.54, 1.807) is 18.4 Å². The SMILES string of the molecule is COc1ccc2nc(NN(C)c3ccc(N(CCO)CCO)cc3)sc2c1. The van der Waals surface area contributed by atoms with E-state index in [4.69, 9.17) is 14.9 Å². The predicted molar refractivity (Wildman–Crippen MR) is 111 cm³/mol. The van der Waals surface area contributed by atoms with Crippen LogP contribution in [-0.4, -0.2) is 55.7 Å². The summed E-state index contributed by atoms with van der Waals surface area (Å²) in [6, 6.07) is 13.7. The molecule has 27 heavy (non-hydrogen) atoms. The van der Waals surface area contributed by atoms with Gasteiger partial charge >= 0.3 is 0 Å². The minimum absolute atomic E-state index is 0.0472. The van der Waals surface area contributed by atoms with Gasteiger partial charge in [0, 0.05) is 25.8 Å². The highest BCUT2D eigenvalue weighted by Crippen LogP contribution is 2.30. The van der Waals surface area contributed by atoms with Crippen LogP contribution in [0.3, 0.4) is 0 Å². The molecule has 3 rings (SSSR count). The lowest BCUT2D eigenvalue weighted by atomic mass is 10.2. The maximum Gasteiger partial charge on any atom is 0.202 e. The first-order valence-electron chi connectivity index (χ1n) is 8.66. The molecule has 3 aromatic rings. The number of ether oxygens (including phenoxy) is 1. The zero-order valence-corrected chi connectivity index (χ0v) is 16.2. The molecular weight excluding hydrogens is 364 g/mol. The van der Waals surface area contributed by atoms with Crippen molar-refractivity contribution >= 4 is 38.1 Å². The maximum atomic E-state index is 9.17. The van der Waals surface area contributed by atoms with Crippen LogP contribution in [0.4, 0.5) is 16.5 Å². The van der Waals surface area contributed by atoms with E-state index in [1.165, 1.54) is 0 Å². The number of benzene rings is 2. The smallest absolute Gasteiger partial charge is 0.202 e. The van der Waals surface area contributed by atoms with Crippen LogP contribution < -0.4 is 20.1 Å². The van der Waals surface area contributed by atoms with Crippen LogP contribution >= 0.6 is 11.3 Å². The fourth-order valence-electron chi connectivity index (χ4n) is 2.79. The molecular formula is C19H24N4O3S. The lowest BCUT2D eigenvalue weighted by Gasteiger charge is -2.24. The number of hydrazine groups is 1. The molecule has 8 heteroatoms. The highest BCUT2D eigenvalue weighted by molar-refractivity contribution is 7.22. The van der Waals surface area contributed by atoms with Gasteiger partial charge in [0.05, 0.1) is 36.2 Å². The summed E-state index contributed by atoms with van der Waals surface area (Å²) in [6.45, 7) is 1.07. The molecule has 0 bridgehead atoms. The van der Waals surface area contributed by atoms with Gasteiger partial charge in [-0.3, -0.25) is 10.4 Å². The fourth-order valence-corrected chi connectivity index (χ4v) is 3.71. The molecule has 1 aromatic heterocycles. The van der Waals surface area contributed by atoms with Gasteiger partial charge in [-0.15, -0.1) is 0 Å². The highest BCUT2D eigenvalue weighted by Gasteiger charge is 2.09. The van der Waals surface area contributed by atoms with Crippen molar-refractivity contribution < 1.29 is 14.9 Å². The van der Waals surface area contributed by atoms with E-state index in [0.29, 0.717) is 13.1 Å². The molecule has 0 fully saturated rings. The van der Waals surface area contributed by atoms with Gasteiger partial charge < -0.3 is 19.8 Å². The minimum Gasteiger partial charge on any atom is -0.497 e. The van der Waals surface area contributed by atoms with Crippen LogP contribution in [0.15, 0.2) is 42.5 Å². The van der Waals surface area contributed by atoms with Crippen molar-refractivity contribution in [3.8, 4) is 5.75 Å². The number of thiazole rings is 1. The Bertz CT molecular complexity index is 863. The van der Waals surface area contributed by atoms with E-state index in [0.717, 1.165) is 32.5 Å². The first-order valence-corrected chi connectivity index (χ1v) is 9.48. The van der Waals surface area contributed by atoms with Crippen LogP contribution in [0.25, 0.3) is 10.2 Å². The van der Waals surface area contributed by atoms with Crippen molar-refractivity contribution in [1.82, 2.24) is 4.98 Å². The van der Waals surface area contributed by atoms with Crippen molar-refractivity contribution in [2.24, 2.45) is 0 Å². The zero-order valence-electron chi connectivity index (χ0n) is 15.4. The third kappa shape index (κ3) is 4.60. The van der Waals surface area contributed by atoms with E-state index in [-0.39, 0.29) is 13.2 Å². The lowest BCUT2D eigenvalue weighted by molar-refractivity contribution is 0.281. The Kier molecular flexibility index (Phi) is 6.33. The van der Waals surface area contributed by atoms with Crippen molar-refractivity contribution in [2.75, 3.05) is 55.8 Å². The molecule has 0 atom stereocenters. The Labute approximate surface area is 162 Å². The van der Waals surface area contributed by atoms with Gasteiger partial charge in [-0.05, 0) is 42.5 Å². The Balaban J connectivity index is 1.71. The van der Waals surface area contributed by atoms with Gasteiger partial charge in [-0.2, -0.15) is 0 Å². The molecule has 0 saturated carbocycles. The van der Waals surface area contributed by atoms with Crippen molar-refractivity contribution in [1.29, 1.82) is 0 Å². The monoisotopic (exact) mass is 388 g/mol. The zero-order chi connectivity index (χ0) is 19.2. The molecule has 0 aliphatic heterocycles. The number of nitrogens with one attached hydrogen (secondary N) is 1. The van der Waals surface area contributed by atoms with Crippen molar-refractivity contribution in [3.05, 3.63) is 42.5 Å². The summed E-state index contributed by atoms with van der Waals surface area (Å²) in [7, 11) is 3.59. The van der Waals surface area contributed by atoms with Gasteiger partial charge in [0.25, 0.3) is 0 Å². The lowest BCUT2D eigenvalue weighted by Crippen LogP contribution is -2.29. The Morgan fingerprint density at radius 3 is 2.33 bits per heavy atom. The molecule has 0 aliphatic rings. The Morgan fingerprint density at radius 2 is 1.70 bits per heavy atom. The van der Waals surface area contributed by atoms with Gasteiger partial charge in [0.1, 0.15) is 5.75 Å². The quantitative estimate of drug-likeness (QED) is 0.486. The highest BCUT2D eigenvalue weighted by atomic mass is 32.1. The van der Waals surface area contributed by atoms with Gasteiger partial charge in [0.15, 0.2) is 0 Å². The Hall–Kier alpha value is -2.55. The van der Waals surface area contributed by atoms with E-state index in [1.807, 2.05) is 59.4 Å². The molecule has 144 valence electrons. The minimum atomic E-state index is 0.0472. The van der Waals surface area contributed by atoms with Crippen LogP contribution in [0.5, 0.6) is 5.75 Å². The van der Waals surface area contributed by atoms with E-state index in [2.05, 4.69) is 10.4 Å². The standard InChI is InChI=1S/C19H24N4O3S/c1-22(14-3-5-15(6-4-14)23(9-11-24)10-12-25)21-19-20-17-8-7-16(26-2)13-18(17)27-19/h3-8,13,24-25H,9-12H2,1-2H3,(H,20,21). The summed E-state index contributed by atoms with van der Waals surface area (Å²) in [4.78, 5) is 6.54. The maximum absolute atomic E-state index is 9.17. The number of hydrogen-bond acceptors (Lipinski definition) is 8. The second-order valence-corrected chi connectivity index (χ2v) is 7.00. The molecule has 0 spiro atoms. The van der Waals surface area contributed by atoms with Crippen LogP contribution in [0, 0.1) is 0 Å². The first-order chi connectivity index (χ1) is 13.1.